The molecule has 1 N–H and O–H groups in total. The zero-order chi connectivity index (χ0) is 37.3. The molecule has 0 aromatic heterocycles. The number of rotatable bonds is 11. The quantitative estimate of drug-likeness (QED) is 0.161. The number of hydrogen-bond acceptors (Lipinski definition) is 10. The molecule has 4 heterocycles. The SMILES string of the molecule is COc1ccc(C2=CN3C(=O)c4cc(OC)c(OCCCOc5cc6c(cc5OC)C(=O)N5C=C(c7ccc(O)cc7)CC5C=N6)cc4N=CC3C2)cc1. The van der Waals surface area contributed by atoms with E-state index in [1.54, 1.807) is 59.5 Å². The van der Waals surface area contributed by atoms with Crippen molar-refractivity contribution in [3.05, 3.63) is 107 Å². The molecule has 54 heavy (non-hydrogen) atoms. The maximum Gasteiger partial charge on any atom is 0.260 e. The summed E-state index contributed by atoms with van der Waals surface area (Å²) in [6.07, 6.45) is 9.10. The van der Waals surface area contributed by atoms with Gasteiger partial charge in [-0.25, -0.2) is 0 Å². The normalized spacial score (nSPS) is 18.1. The Bertz CT molecular complexity index is 2240. The average Bonchev–Trinajstić information content (AvgIpc) is 3.78. The second kappa shape index (κ2) is 14.5. The van der Waals surface area contributed by atoms with Gasteiger partial charge < -0.3 is 38.6 Å². The first-order chi connectivity index (χ1) is 26.3. The lowest BCUT2D eigenvalue weighted by Gasteiger charge is -2.19. The zero-order valence-electron chi connectivity index (χ0n) is 30.0. The van der Waals surface area contributed by atoms with Gasteiger partial charge in [0, 0.05) is 56.2 Å². The molecule has 0 aliphatic carbocycles. The fourth-order valence-corrected chi connectivity index (χ4v) is 7.05. The van der Waals surface area contributed by atoms with E-state index in [1.165, 1.54) is 14.2 Å². The number of aromatic hydroxyl groups is 1. The molecular formula is C42H38N4O8. The van der Waals surface area contributed by atoms with Crippen LogP contribution in [0.1, 0.15) is 51.1 Å². The number of carbonyl (C=O) groups excluding carboxylic acids is 2. The van der Waals surface area contributed by atoms with Crippen LogP contribution in [-0.4, -0.2) is 85.8 Å². The second-order valence-electron chi connectivity index (χ2n) is 13.2. The summed E-state index contributed by atoms with van der Waals surface area (Å²) in [4.78, 5) is 40.2. The second-order valence-corrected chi connectivity index (χ2v) is 13.2. The number of aliphatic imine (C=N–C) groups is 2. The third-order valence-electron chi connectivity index (χ3n) is 9.93. The van der Waals surface area contributed by atoms with Gasteiger partial charge >= 0.3 is 0 Å². The molecule has 8 rings (SSSR count). The monoisotopic (exact) mass is 726 g/mol. The Morgan fingerprint density at radius 2 is 1.09 bits per heavy atom. The number of ether oxygens (including phenoxy) is 5. The van der Waals surface area contributed by atoms with E-state index in [9.17, 15) is 14.7 Å². The number of amides is 2. The fraction of sp³-hybridized carbons (Fsp3) is 0.238. The molecule has 2 unspecified atom stereocenters. The first-order valence-corrected chi connectivity index (χ1v) is 17.6. The van der Waals surface area contributed by atoms with Crippen molar-refractivity contribution in [2.75, 3.05) is 34.5 Å². The Morgan fingerprint density at radius 1 is 0.630 bits per heavy atom. The molecular weight excluding hydrogens is 688 g/mol. The van der Waals surface area contributed by atoms with Gasteiger partial charge in [0.05, 0.1) is 69.1 Å². The van der Waals surface area contributed by atoms with Crippen LogP contribution in [0.15, 0.2) is 95.2 Å². The van der Waals surface area contributed by atoms with Gasteiger partial charge in [0.1, 0.15) is 11.5 Å². The molecule has 4 aromatic carbocycles. The lowest BCUT2D eigenvalue weighted by Crippen LogP contribution is -2.32. The predicted octanol–water partition coefficient (Wildman–Crippen LogP) is 7.21. The molecule has 12 heteroatoms. The van der Waals surface area contributed by atoms with Gasteiger partial charge in [0.2, 0.25) is 0 Å². The van der Waals surface area contributed by atoms with Gasteiger partial charge in [-0.3, -0.25) is 19.6 Å². The lowest BCUT2D eigenvalue weighted by atomic mass is 10.0. The minimum atomic E-state index is -0.234. The van der Waals surface area contributed by atoms with Crippen LogP contribution in [0.25, 0.3) is 11.1 Å². The van der Waals surface area contributed by atoms with E-state index in [2.05, 4.69) is 4.99 Å². The number of hydrogen-bond donors (Lipinski definition) is 1. The van der Waals surface area contributed by atoms with E-state index in [4.69, 9.17) is 28.7 Å². The highest BCUT2D eigenvalue weighted by atomic mass is 16.5. The highest BCUT2D eigenvalue weighted by molar-refractivity contribution is 6.06. The maximum absolute atomic E-state index is 13.7. The molecule has 0 bridgehead atoms. The van der Waals surface area contributed by atoms with E-state index in [-0.39, 0.29) is 29.6 Å². The Morgan fingerprint density at radius 3 is 1.54 bits per heavy atom. The summed E-state index contributed by atoms with van der Waals surface area (Å²) in [5.41, 5.74) is 5.85. The molecule has 0 fully saturated rings. The molecule has 12 nitrogen and oxygen atoms in total. The standard InChI is InChI=1S/C42H38N4O8/c1-50-32-11-7-26(8-12-32)28-16-30-22-44-36-20-40(38(52-3)18-34(36)42(49)46(30)24-28)54-14-4-13-53-39-19-35-33(17-37(39)51-2)41(48)45-23-27(15-29(45)21-43-35)25-5-9-31(47)10-6-25/h5-12,17-24,29-30,47H,4,13-16H2,1-3H3. The molecule has 2 atom stereocenters. The molecule has 0 radical (unpaired) electrons. The number of fused-ring (bicyclic) bond motifs is 4. The summed E-state index contributed by atoms with van der Waals surface area (Å²) >= 11 is 0. The van der Waals surface area contributed by atoms with Crippen molar-refractivity contribution in [2.24, 2.45) is 9.98 Å². The Balaban J connectivity index is 0.909. The molecule has 0 spiro atoms. The van der Waals surface area contributed by atoms with Crippen molar-refractivity contribution >= 4 is 46.8 Å². The molecule has 2 amide bonds. The van der Waals surface area contributed by atoms with Gasteiger partial charge in [-0.2, -0.15) is 0 Å². The maximum atomic E-state index is 13.7. The number of phenolic OH excluding ortho intramolecular Hbond substituents is 1. The Labute approximate surface area is 312 Å². The van der Waals surface area contributed by atoms with Crippen LogP contribution in [0, 0.1) is 0 Å². The van der Waals surface area contributed by atoms with Gasteiger partial charge in [-0.05, 0) is 58.7 Å². The predicted molar refractivity (Wildman–Crippen MR) is 204 cm³/mol. The van der Waals surface area contributed by atoms with E-state index < -0.39 is 0 Å². The third kappa shape index (κ3) is 6.51. The van der Waals surface area contributed by atoms with Gasteiger partial charge in [0.15, 0.2) is 23.0 Å². The number of methoxy groups -OCH3 is 3. The summed E-state index contributed by atoms with van der Waals surface area (Å²) < 4.78 is 28.8. The number of nitrogens with zero attached hydrogens (tertiary/aromatic N) is 4. The van der Waals surface area contributed by atoms with Gasteiger partial charge in [0.25, 0.3) is 11.8 Å². The largest absolute Gasteiger partial charge is 0.508 e. The summed E-state index contributed by atoms with van der Waals surface area (Å²) in [6, 6.07) is 21.1. The lowest BCUT2D eigenvalue weighted by molar-refractivity contribution is 0.0809. The van der Waals surface area contributed by atoms with E-state index >= 15 is 0 Å². The van der Waals surface area contributed by atoms with Crippen LogP contribution in [-0.2, 0) is 0 Å². The average molecular weight is 727 g/mol. The molecule has 274 valence electrons. The third-order valence-corrected chi connectivity index (χ3v) is 9.93. The summed E-state index contributed by atoms with van der Waals surface area (Å²) in [5, 5.41) is 9.67. The Hall–Kier alpha value is -6.56. The zero-order valence-corrected chi connectivity index (χ0v) is 30.0. The summed E-state index contributed by atoms with van der Waals surface area (Å²) in [5.74, 6) is 2.39. The van der Waals surface area contributed by atoms with Gasteiger partial charge in [-0.1, -0.05) is 24.3 Å². The minimum absolute atomic E-state index is 0.161. The molecule has 4 aliphatic heterocycles. The smallest absolute Gasteiger partial charge is 0.260 e. The number of benzene rings is 4. The van der Waals surface area contributed by atoms with Crippen LogP contribution >= 0.6 is 0 Å². The summed E-state index contributed by atoms with van der Waals surface area (Å²) in [7, 11) is 4.70. The topological polar surface area (TPSA) is 132 Å². The van der Waals surface area contributed by atoms with Crippen LogP contribution in [0.5, 0.6) is 34.5 Å². The van der Waals surface area contributed by atoms with Crippen LogP contribution in [0.3, 0.4) is 0 Å². The van der Waals surface area contributed by atoms with E-state index in [0.29, 0.717) is 78.0 Å². The first kappa shape index (κ1) is 34.5. The van der Waals surface area contributed by atoms with Crippen LogP contribution in [0.2, 0.25) is 0 Å². The number of carbonyl (C=O) groups is 2. The van der Waals surface area contributed by atoms with Crippen molar-refractivity contribution in [1.82, 2.24) is 9.80 Å². The number of phenols is 1. The van der Waals surface area contributed by atoms with Crippen molar-refractivity contribution in [2.45, 2.75) is 31.3 Å². The Kier molecular flexibility index (Phi) is 9.24. The van der Waals surface area contributed by atoms with E-state index in [1.807, 2.05) is 55.0 Å². The summed E-state index contributed by atoms with van der Waals surface area (Å²) in [6.45, 7) is 0.593. The molecule has 0 saturated carbocycles. The molecule has 0 saturated heterocycles. The first-order valence-electron chi connectivity index (χ1n) is 17.6. The van der Waals surface area contributed by atoms with Gasteiger partial charge in [-0.15, -0.1) is 0 Å². The molecule has 4 aromatic rings. The highest BCUT2D eigenvalue weighted by Gasteiger charge is 2.35. The van der Waals surface area contributed by atoms with Crippen LogP contribution in [0.4, 0.5) is 11.4 Å². The highest BCUT2D eigenvalue weighted by Crippen LogP contribution is 2.42. The minimum Gasteiger partial charge on any atom is -0.508 e. The van der Waals surface area contributed by atoms with Crippen molar-refractivity contribution in [1.29, 1.82) is 0 Å². The van der Waals surface area contributed by atoms with Crippen molar-refractivity contribution < 1.29 is 38.4 Å². The van der Waals surface area contributed by atoms with Crippen molar-refractivity contribution in [3.63, 3.8) is 0 Å². The molecule has 4 aliphatic rings. The van der Waals surface area contributed by atoms with Crippen LogP contribution < -0.4 is 23.7 Å². The fourth-order valence-electron chi connectivity index (χ4n) is 7.05. The van der Waals surface area contributed by atoms with E-state index in [0.717, 1.165) is 28.0 Å². The van der Waals surface area contributed by atoms with Crippen molar-refractivity contribution in [3.8, 4) is 34.5 Å².